The van der Waals surface area contributed by atoms with Crippen molar-refractivity contribution in [3.8, 4) is 0 Å². The SMILES string of the molecule is COC(=O)c1cccc(S(=O)(=O)C(C)C)c1C(F)(F)F. The summed E-state index contributed by atoms with van der Waals surface area (Å²) >= 11 is 0. The lowest BCUT2D eigenvalue weighted by atomic mass is 10.1. The molecule has 0 aliphatic heterocycles. The minimum absolute atomic E-state index is 0.818. The first-order valence-electron chi connectivity index (χ1n) is 5.56. The average molecular weight is 310 g/mol. The molecule has 0 bridgehead atoms. The van der Waals surface area contributed by atoms with Crippen LogP contribution in [0.3, 0.4) is 0 Å². The summed E-state index contributed by atoms with van der Waals surface area (Å²) in [6.07, 6.45) is -4.98. The van der Waals surface area contributed by atoms with Crippen LogP contribution in [0.2, 0.25) is 0 Å². The summed E-state index contributed by atoms with van der Waals surface area (Å²) in [5.41, 5.74) is -2.30. The Balaban J connectivity index is 3.76. The molecule has 0 fully saturated rings. The Kier molecular flexibility index (Phi) is 4.48. The summed E-state index contributed by atoms with van der Waals surface area (Å²) in [5.74, 6) is -1.24. The Hall–Kier alpha value is -1.57. The topological polar surface area (TPSA) is 60.4 Å². The highest BCUT2D eigenvalue weighted by Crippen LogP contribution is 2.38. The number of benzene rings is 1. The van der Waals surface area contributed by atoms with Gasteiger partial charge in [0.05, 0.1) is 28.4 Å². The van der Waals surface area contributed by atoms with Crippen LogP contribution in [0.5, 0.6) is 0 Å². The van der Waals surface area contributed by atoms with Crippen molar-refractivity contribution in [2.45, 2.75) is 30.2 Å². The molecule has 112 valence electrons. The van der Waals surface area contributed by atoms with Crippen LogP contribution in [0.25, 0.3) is 0 Å². The van der Waals surface area contributed by atoms with Crippen molar-refractivity contribution in [1.82, 2.24) is 0 Å². The van der Waals surface area contributed by atoms with Crippen LogP contribution in [0, 0.1) is 0 Å². The van der Waals surface area contributed by atoms with Crippen LogP contribution in [-0.4, -0.2) is 26.7 Å². The summed E-state index contributed by atoms with van der Waals surface area (Å²) in [4.78, 5) is 10.5. The zero-order chi connectivity index (χ0) is 15.7. The van der Waals surface area contributed by atoms with E-state index < -0.39 is 43.3 Å². The number of esters is 1. The number of hydrogen-bond donors (Lipinski definition) is 0. The van der Waals surface area contributed by atoms with E-state index in [0.29, 0.717) is 0 Å². The summed E-state index contributed by atoms with van der Waals surface area (Å²) < 4.78 is 67.7. The molecule has 0 saturated carbocycles. The molecule has 0 aliphatic rings. The Morgan fingerprint density at radius 2 is 1.80 bits per heavy atom. The molecule has 0 radical (unpaired) electrons. The van der Waals surface area contributed by atoms with Crippen LogP contribution in [0.1, 0.15) is 29.8 Å². The van der Waals surface area contributed by atoms with E-state index in [-0.39, 0.29) is 0 Å². The van der Waals surface area contributed by atoms with Gasteiger partial charge in [-0.15, -0.1) is 0 Å². The van der Waals surface area contributed by atoms with Gasteiger partial charge in [-0.2, -0.15) is 13.2 Å². The number of alkyl halides is 3. The van der Waals surface area contributed by atoms with E-state index in [9.17, 15) is 26.4 Å². The second kappa shape index (κ2) is 5.43. The minimum Gasteiger partial charge on any atom is -0.465 e. The molecule has 0 saturated heterocycles. The Morgan fingerprint density at radius 3 is 2.20 bits per heavy atom. The van der Waals surface area contributed by atoms with Gasteiger partial charge in [0.15, 0.2) is 9.84 Å². The third-order valence-corrected chi connectivity index (χ3v) is 4.84. The first kappa shape index (κ1) is 16.5. The third-order valence-electron chi connectivity index (χ3n) is 2.64. The van der Waals surface area contributed by atoms with E-state index in [1.54, 1.807) is 0 Å². The van der Waals surface area contributed by atoms with Gasteiger partial charge in [0.2, 0.25) is 0 Å². The molecule has 8 heteroatoms. The molecule has 0 unspecified atom stereocenters. The number of sulfone groups is 1. The second-order valence-corrected chi connectivity index (χ2v) is 6.73. The van der Waals surface area contributed by atoms with Crippen LogP contribution >= 0.6 is 0 Å². The molecule has 0 atom stereocenters. The van der Waals surface area contributed by atoms with Crippen molar-refractivity contribution in [3.63, 3.8) is 0 Å². The van der Waals surface area contributed by atoms with Crippen LogP contribution in [-0.2, 0) is 20.8 Å². The van der Waals surface area contributed by atoms with Crippen molar-refractivity contribution in [1.29, 1.82) is 0 Å². The quantitative estimate of drug-likeness (QED) is 0.805. The number of halogens is 3. The van der Waals surface area contributed by atoms with Gasteiger partial charge in [-0.25, -0.2) is 13.2 Å². The molecule has 1 aromatic rings. The maximum Gasteiger partial charge on any atom is 0.418 e. The number of ether oxygens (including phenoxy) is 1. The summed E-state index contributed by atoms with van der Waals surface area (Å²) in [6, 6.07) is 2.80. The molecular formula is C12H13F3O4S. The fourth-order valence-corrected chi connectivity index (χ4v) is 2.88. The third kappa shape index (κ3) is 2.95. The number of methoxy groups -OCH3 is 1. The first-order chi connectivity index (χ1) is 9.03. The molecule has 20 heavy (non-hydrogen) atoms. The van der Waals surface area contributed by atoms with Gasteiger partial charge in [-0.05, 0) is 26.0 Å². The van der Waals surface area contributed by atoms with Crippen molar-refractivity contribution in [3.05, 3.63) is 29.3 Å². The molecule has 4 nitrogen and oxygen atoms in total. The first-order valence-corrected chi connectivity index (χ1v) is 7.10. The van der Waals surface area contributed by atoms with E-state index in [2.05, 4.69) is 4.74 Å². The van der Waals surface area contributed by atoms with E-state index in [4.69, 9.17) is 0 Å². The molecule has 0 spiro atoms. The molecule has 1 rings (SSSR count). The van der Waals surface area contributed by atoms with Crippen LogP contribution in [0.15, 0.2) is 23.1 Å². The predicted octanol–water partition coefficient (Wildman–Crippen LogP) is 2.67. The van der Waals surface area contributed by atoms with Gasteiger partial charge in [0, 0.05) is 0 Å². The number of hydrogen-bond acceptors (Lipinski definition) is 4. The van der Waals surface area contributed by atoms with Gasteiger partial charge in [0.1, 0.15) is 0 Å². The Bertz CT molecular complexity index is 618. The zero-order valence-electron chi connectivity index (χ0n) is 11.0. The molecule has 0 aromatic heterocycles. The predicted molar refractivity (Wildman–Crippen MR) is 65.1 cm³/mol. The molecule has 0 heterocycles. The standard InChI is InChI=1S/C12H13F3O4S/c1-7(2)20(17,18)9-6-4-5-8(11(16)19-3)10(9)12(13,14)15/h4-7H,1-3H3. The lowest BCUT2D eigenvalue weighted by molar-refractivity contribution is -0.140. The van der Waals surface area contributed by atoms with Gasteiger partial charge in [-0.1, -0.05) is 6.07 Å². The number of carbonyl (C=O) groups is 1. The second-order valence-electron chi connectivity index (χ2n) is 4.26. The lowest BCUT2D eigenvalue weighted by Gasteiger charge is -2.17. The van der Waals surface area contributed by atoms with E-state index in [1.165, 1.54) is 13.8 Å². The molecule has 0 aliphatic carbocycles. The lowest BCUT2D eigenvalue weighted by Crippen LogP contribution is -2.23. The maximum absolute atomic E-state index is 13.1. The van der Waals surface area contributed by atoms with Gasteiger partial charge < -0.3 is 4.74 Å². The van der Waals surface area contributed by atoms with Gasteiger partial charge >= 0.3 is 12.1 Å². The van der Waals surface area contributed by atoms with Gasteiger partial charge in [-0.3, -0.25) is 0 Å². The fraction of sp³-hybridized carbons (Fsp3) is 0.417. The molecule has 0 N–H and O–H groups in total. The minimum atomic E-state index is -4.98. The number of carbonyl (C=O) groups excluding carboxylic acids is 1. The fourth-order valence-electron chi connectivity index (χ4n) is 1.59. The number of rotatable bonds is 3. The van der Waals surface area contributed by atoms with Crippen molar-refractivity contribution < 1.29 is 31.1 Å². The zero-order valence-corrected chi connectivity index (χ0v) is 11.8. The van der Waals surface area contributed by atoms with Crippen LogP contribution < -0.4 is 0 Å². The molecule has 1 aromatic carbocycles. The van der Waals surface area contributed by atoms with Crippen LogP contribution in [0.4, 0.5) is 13.2 Å². The summed E-state index contributed by atoms with van der Waals surface area (Å²) in [7, 11) is -3.26. The molecular weight excluding hydrogens is 297 g/mol. The average Bonchev–Trinajstić information content (AvgIpc) is 2.35. The van der Waals surface area contributed by atoms with E-state index >= 15 is 0 Å². The molecule has 0 amide bonds. The smallest absolute Gasteiger partial charge is 0.418 e. The Labute approximate surface area is 114 Å². The van der Waals surface area contributed by atoms with Crippen molar-refractivity contribution in [2.24, 2.45) is 0 Å². The van der Waals surface area contributed by atoms with E-state index in [1.807, 2.05) is 0 Å². The Morgan fingerprint density at radius 1 is 1.25 bits per heavy atom. The van der Waals surface area contributed by atoms with Crippen molar-refractivity contribution >= 4 is 15.8 Å². The highest BCUT2D eigenvalue weighted by molar-refractivity contribution is 7.92. The van der Waals surface area contributed by atoms with E-state index in [0.717, 1.165) is 25.3 Å². The highest BCUT2D eigenvalue weighted by Gasteiger charge is 2.42. The summed E-state index contributed by atoms with van der Waals surface area (Å²) in [5, 5.41) is -1.04. The monoisotopic (exact) mass is 310 g/mol. The largest absolute Gasteiger partial charge is 0.465 e. The van der Waals surface area contributed by atoms with Crippen molar-refractivity contribution in [2.75, 3.05) is 7.11 Å². The normalized spacial score (nSPS) is 12.6. The summed E-state index contributed by atoms with van der Waals surface area (Å²) in [6.45, 7) is 2.53. The van der Waals surface area contributed by atoms with Gasteiger partial charge in [0.25, 0.3) is 0 Å². The highest BCUT2D eigenvalue weighted by atomic mass is 32.2. The maximum atomic E-state index is 13.1.